The molecule has 1 heterocycles. The topological polar surface area (TPSA) is 76.4 Å². The number of hydroxylamine groups is 1. The Morgan fingerprint density at radius 3 is 2.54 bits per heavy atom. The molecule has 7 heteroatoms. The zero-order valence-electron chi connectivity index (χ0n) is 15.5. The second kappa shape index (κ2) is 9.50. The van der Waals surface area contributed by atoms with E-state index in [1.807, 2.05) is 66.9 Å². The molecule has 0 spiro atoms. The number of para-hydroxylation sites is 1. The number of benzene rings is 2. The lowest BCUT2D eigenvalue weighted by Crippen LogP contribution is -2.31. The molecule has 0 aliphatic rings. The Kier molecular flexibility index (Phi) is 6.81. The highest BCUT2D eigenvalue weighted by molar-refractivity contribution is 6.30. The molecule has 0 radical (unpaired) electrons. The van der Waals surface area contributed by atoms with Crippen molar-refractivity contribution in [3.8, 4) is 5.69 Å². The van der Waals surface area contributed by atoms with Crippen molar-refractivity contribution in [2.75, 3.05) is 7.11 Å². The summed E-state index contributed by atoms with van der Waals surface area (Å²) in [5.41, 5.74) is 4.48. The molecule has 0 saturated heterocycles. The van der Waals surface area contributed by atoms with Crippen LogP contribution < -0.4 is 5.48 Å². The Morgan fingerprint density at radius 1 is 1.18 bits per heavy atom. The molecular weight excluding hydrogens is 378 g/mol. The van der Waals surface area contributed by atoms with Gasteiger partial charge in [0.05, 0.1) is 23.9 Å². The molecule has 0 aliphatic carbocycles. The van der Waals surface area contributed by atoms with Crippen LogP contribution in [0.5, 0.6) is 0 Å². The lowest BCUT2D eigenvalue weighted by molar-refractivity contribution is -0.132. The standard InChI is InChI=1S/C21H22ClN3O3/c1-28-20(14-21(26)24-27)18(13-15-7-9-16(22)10-8-15)19-11-12-25(23-19)17-5-3-2-4-6-17/h2-12,18,20,27H,13-14H2,1H3,(H,24,26). The van der Waals surface area contributed by atoms with Gasteiger partial charge in [0.1, 0.15) is 0 Å². The van der Waals surface area contributed by atoms with E-state index in [9.17, 15) is 4.79 Å². The second-order valence-electron chi connectivity index (χ2n) is 6.47. The number of hydrogen-bond acceptors (Lipinski definition) is 4. The molecule has 0 aliphatic heterocycles. The highest BCUT2D eigenvalue weighted by Crippen LogP contribution is 2.28. The first-order valence-electron chi connectivity index (χ1n) is 8.92. The maximum absolute atomic E-state index is 11.8. The monoisotopic (exact) mass is 399 g/mol. The van der Waals surface area contributed by atoms with Crippen LogP contribution in [0.25, 0.3) is 5.69 Å². The van der Waals surface area contributed by atoms with E-state index < -0.39 is 12.0 Å². The first-order chi connectivity index (χ1) is 13.6. The van der Waals surface area contributed by atoms with Gasteiger partial charge in [-0.1, -0.05) is 41.9 Å². The zero-order valence-corrected chi connectivity index (χ0v) is 16.2. The maximum atomic E-state index is 11.8. The summed E-state index contributed by atoms with van der Waals surface area (Å²) in [4.78, 5) is 11.8. The van der Waals surface area contributed by atoms with Crippen LogP contribution in [0.1, 0.15) is 23.6 Å². The normalized spacial score (nSPS) is 13.1. The third-order valence-electron chi connectivity index (χ3n) is 4.64. The number of ether oxygens (including phenoxy) is 1. The van der Waals surface area contributed by atoms with Gasteiger partial charge in [-0.3, -0.25) is 10.0 Å². The molecule has 1 aromatic heterocycles. The van der Waals surface area contributed by atoms with E-state index in [1.165, 1.54) is 0 Å². The molecule has 2 N–H and O–H groups in total. The van der Waals surface area contributed by atoms with Crippen molar-refractivity contribution in [2.45, 2.75) is 24.9 Å². The Morgan fingerprint density at radius 2 is 1.89 bits per heavy atom. The largest absolute Gasteiger partial charge is 0.380 e. The van der Waals surface area contributed by atoms with Crippen LogP contribution in [0.3, 0.4) is 0 Å². The summed E-state index contributed by atoms with van der Waals surface area (Å²) in [6, 6.07) is 19.3. The van der Waals surface area contributed by atoms with Crippen LogP contribution in [0, 0.1) is 0 Å². The van der Waals surface area contributed by atoms with Crippen LogP contribution in [-0.2, 0) is 16.0 Å². The zero-order chi connectivity index (χ0) is 19.9. The Labute approximate surface area is 168 Å². The van der Waals surface area contributed by atoms with Crippen LogP contribution in [-0.4, -0.2) is 34.1 Å². The fraction of sp³-hybridized carbons (Fsp3) is 0.238. The minimum Gasteiger partial charge on any atom is -0.380 e. The number of nitrogens with zero attached hydrogens (tertiary/aromatic N) is 2. The van der Waals surface area contributed by atoms with Gasteiger partial charge in [-0.25, -0.2) is 10.2 Å². The average molecular weight is 400 g/mol. The SMILES string of the molecule is COC(CC(=O)NO)C(Cc1ccc(Cl)cc1)c1ccn(-c2ccccc2)n1. The van der Waals surface area contributed by atoms with E-state index in [0.29, 0.717) is 11.4 Å². The number of rotatable bonds is 8. The van der Waals surface area contributed by atoms with Gasteiger partial charge in [-0.2, -0.15) is 5.10 Å². The van der Waals surface area contributed by atoms with Crippen LogP contribution in [0.15, 0.2) is 66.9 Å². The average Bonchev–Trinajstić information content (AvgIpc) is 3.22. The van der Waals surface area contributed by atoms with Gasteiger partial charge in [0.15, 0.2) is 0 Å². The fourth-order valence-corrected chi connectivity index (χ4v) is 3.31. The molecule has 3 rings (SSSR count). The van der Waals surface area contributed by atoms with Crippen LogP contribution >= 0.6 is 11.6 Å². The van der Waals surface area contributed by atoms with E-state index in [4.69, 9.17) is 26.6 Å². The summed E-state index contributed by atoms with van der Waals surface area (Å²) in [6.07, 6.45) is 2.06. The van der Waals surface area contributed by atoms with Crippen molar-refractivity contribution in [3.63, 3.8) is 0 Å². The summed E-state index contributed by atoms with van der Waals surface area (Å²) in [7, 11) is 1.55. The van der Waals surface area contributed by atoms with E-state index in [1.54, 1.807) is 17.3 Å². The van der Waals surface area contributed by atoms with E-state index >= 15 is 0 Å². The van der Waals surface area contributed by atoms with Crippen molar-refractivity contribution in [2.24, 2.45) is 0 Å². The molecular formula is C21H22ClN3O3. The van der Waals surface area contributed by atoms with Crippen molar-refractivity contribution in [1.29, 1.82) is 0 Å². The lowest BCUT2D eigenvalue weighted by Gasteiger charge is -2.24. The molecule has 2 unspecified atom stereocenters. The number of carbonyl (C=O) groups excluding carboxylic acids is 1. The fourth-order valence-electron chi connectivity index (χ4n) is 3.18. The molecule has 2 aromatic carbocycles. The molecule has 0 fully saturated rings. The van der Waals surface area contributed by atoms with Gasteiger partial charge in [-0.15, -0.1) is 0 Å². The molecule has 6 nitrogen and oxygen atoms in total. The summed E-state index contributed by atoms with van der Waals surface area (Å²) in [5.74, 6) is -0.691. The van der Waals surface area contributed by atoms with Crippen LogP contribution in [0.2, 0.25) is 5.02 Å². The number of methoxy groups -OCH3 is 1. The number of aromatic nitrogens is 2. The minimum absolute atomic E-state index is 0.0173. The molecule has 146 valence electrons. The predicted octanol–water partition coefficient (Wildman–Crippen LogP) is 3.76. The van der Waals surface area contributed by atoms with E-state index in [0.717, 1.165) is 16.9 Å². The highest BCUT2D eigenvalue weighted by atomic mass is 35.5. The summed E-state index contributed by atoms with van der Waals surface area (Å²) in [5, 5.41) is 14.3. The van der Waals surface area contributed by atoms with Crippen LogP contribution in [0.4, 0.5) is 0 Å². The number of nitrogens with one attached hydrogen (secondary N) is 1. The smallest absolute Gasteiger partial charge is 0.245 e. The molecule has 1 amide bonds. The first-order valence-corrected chi connectivity index (χ1v) is 9.29. The third kappa shape index (κ3) is 4.98. The lowest BCUT2D eigenvalue weighted by atomic mass is 9.89. The quantitative estimate of drug-likeness (QED) is 0.446. The summed E-state index contributed by atoms with van der Waals surface area (Å²) < 4.78 is 7.40. The van der Waals surface area contributed by atoms with Crippen molar-refractivity contribution in [1.82, 2.24) is 15.3 Å². The number of hydrogen-bond donors (Lipinski definition) is 2. The Hall–Kier alpha value is -2.67. The highest BCUT2D eigenvalue weighted by Gasteiger charge is 2.28. The maximum Gasteiger partial charge on any atom is 0.245 e. The second-order valence-corrected chi connectivity index (χ2v) is 6.91. The molecule has 0 saturated carbocycles. The predicted molar refractivity (Wildman–Crippen MR) is 107 cm³/mol. The third-order valence-corrected chi connectivity index (χ3v) is 4.89. The van der Waals surface area contributed by atoms with Crippen molar-refractivity contribution in [3.05, 3.63) is 83.1 Å². The van der Waals surface area contributed by atoms with Gasteiger partial charge < -0.3 is 4.74 Å². The first kappa shape index (κ1) is 20.1. The number of carbonyl (C=O) groups is 1. The summed E-state index contributed by atoms with van der Waals surface area (Å²) in [6.45, 7) is 0. The molecule has 2 atom stereocenters. The number of amides is 1. The van der Waals surface area contributed by atoms with Gasteiger partial charge in [0.2, 0.25) is 5.91 Å². The minimum atomic E-state index is -0.504. The van der Waals surface area contributed by atoms with E-state index in [-0.39, 0.29) is 12.3 Å². The Balaban J connectivity index is 1.91. The van der Waals surface area contributed by atoms with Gasteiger partial charge in [0.25, 0.3) is 0 Å². The Bertz CT molecular complexity index is 897. The van der Waals surface area contributed by atoms with Crippen molar-refractivity contribution >= 4 is 17.5 Å². The van der Waals surface area contributed by atoms with Gasteiger partial charge in [-0.05, 0) is 42.3 Å². The van der Waals surface area contributed by atoms with Gasteiger partial charge in [0, 0.05) is 24.2 Å². The van der Waals surface area contributed by atoms with E-state index in [2.05, 4.69) is 0 Å². The molecule has 0 bridgehead atoms. The number of halogens is 1. The molecule has 3 aromatic rings. The van der Waals surface area contributed by atoms with Gasteiger partial charge >= 0.3 is 0 Å². The van der Waals surface area contributed by atoms with Crippen molar-refractivity contribution < 1.29 is 14.7 Å². The molecule has 28 heavy (non-hydrogen) atoms. The summed E-state index contributed by atoms with van der Waals surface area (Å²) >= 11 is 5.99.